The van der Waals surface area contributed by atoms with E-state index in [0.717, 1.165) is 0 Å². The number of tetrazole rings is 1. The van der Waals surface area contributed by atoms with E-state index in [9.17, 15) is 4.79 Å². The number of anilines is 1. The highest BCUT2D eigenvalue weighted by Gasteiger charge is 2.13. The molecule has 8 nitrogen and oxygen atoms in total. The van der Waals surface area contributed by atoms with Gasteiger partial charge in [0.05, 0.1) is 18.9 Å². The summed E-state index contributed by atoms with van der Waals surface area (Å²) in [5, 5.41) is 14.7. The first-order valence-corrected chi connectivity index (χ1v) is 6.15. The highest BCUT2D eigenvalue weighted by molar-refractivity contribution is 6.04. The Morgan fingerprint density at radius 3 is 2.81 bits per heavy atom. The molecule has 0 aliphatic rings. The van der Waals surface area contributed by atoms with Gasteiger partial charge in [-0.25, -0.2) is 4.98 Å². The first-order chi connectivity index (χ1) is 10.2. The van der Waals surface area contributed by atoms with E-state index in [1.54, 1.807) is 13.1 Å². The third-order valence-corrected chi connectivity index (χ3v) is 2.72. The molecule has 0 saturated heterocycles. The summed E-state index contributed by atoms with van der Waals surface area (Å²) in [6, 6.07) is 7.22. The smallest absolute Gasteiger partial charge is 0.275 e. The standard InChI is InChI=1S/C13H11N7O/c1-20-18-12(17-19-20)9-4-2-3-5-10(9)16-13(21)11-8-14-6-7-15-11/h2-8H,1H3,(H,16,21). The number of carbonyl (C=O) groups excluding carboxylic acids is 1. The van der Waals surface area contributed by atoms with Gasteiger partial charge in [0.1, 0.15) is 5.69 Å². The lowest BCUT2D eigenvalue weighted by molar-refractivity contribution is 0.102. The summed E-state index contributed by atoms with van der Waals surface area (Å²) in [4.78, 5) is 21.3. The molecule has 0 radical (unpaired) electrons. The zero-order valence-electron chi connectivity index (χ0n) is 11.1. The normalized spacial score (nSPS) is 10.3. The number of nitrogens with one attached hydrogen (secondary N) is 1. The summed E-state index contributed by atoms with van der Waals surface area (Å²) in [7, 11) is 1.68. The average molecular weight is 281 g/mol. The predicted octanol–water partition coefficient (Wildman–Crippen LogP) is 0.919. The predicted molar refractivity (Wildman–Crippen MR) is 74.2 cm³/mol. The molecule has 0 aliphatic heterocycles. The van der Waals surface area contributed by atoms with Crippen molar-refractivity contribution in [3.05, 3.63) is 48.5 Å². The maximum absolute atomic E-state index is 12.1. The maximum Gasteiger partial charge on any atom is 0.275 e. The lowest BCUT2D eigenvalue weighted by Gasteiger charge is -2.07. The molecule has 0 aliphatic carbocycles. The number of para-hydroxylation sites is 1. The average Bonchev–Trinajstić information content (AvgIpc) is 2.95. The molecule has 0 atom stereocenters. The van der Waals surface area contributed by atoms with Gasteiger partial charge in [0, 0.05) is 18.0 Å². The lowest BCUT2D eigenvalue weighted by atomic mass is 10.1. The van der Waals surface area contributed by atoms with Crippen LogP contribution in [0.25, 0.3) is 11.4 Å². The molecule has 2 heterocycles. The van der Waals surface area contributed by atoms with E-state index in [4.69, 9.17) is 0 Å². The molecule has 21 heavy (non-hydrogen) atoms. The number of aryl methyl sites for hydroxylation is 1. The summed E-state index contributed by atoms with van der Waals surface area (Å²) in [5.74, 6) is 0.0898. The minimum Gasteiger partial charge on any atom is -0.320 e. The van der Waals surface area contributed by atoms with Gasteiger partial charge < -0.3 is 5.32 Å². The van der Waals surface area contributed by atoms with Crippen LogP contribution in [0.3, 0.4) is 0 Å². The summed E-state index contributed by atoms with van der Waals surface area (Å²) in [6.07, 6.45) is 4.37. The maximum atomic E-state index is 12.1. The van der Waals surface area contributed by atoms with Crippen LogP contribution in [0.15, 0.2) is 42.9 Å². The van der Waals surface area contributed by atoms with Gasteiger partial charge >= 0.3 is 0 Å². The topological polar surface area (TPSA) is 98.5 Å². The van der Waals surface area contributed by atoms with Gasteiger partial charge in [-0.3, -0.25) is 9.78 Å². The number of hydrogen-bond acceptors (Lipinski definition) is 6. The fraction of sp³-hybridized carbons (Fsp3) is 0.0769. The number of aromatic nitrogens is 6. The number of hydrogen-bond donors (Lipinski definition) is 1. The quantitative estimate of drug-likeness (QED) is 0.766. The van der Waals surface area contributed by atoms with Crippen molar-refractivity contribution in [2.75, 3.05) is 5.32 Å². The number of rotatable bonds is 3. The molecular formula is C13H11N7O. The van der Waals surface area contributed by atoms with Gasteiger partial charge in [-0.05, 0) is 17.3 Å². The summed E-state index contributed by atoms with van der Waals surface area (Å²) >= 11 is 0. The number of carbonyl (C=O) groups is 1. The minimum atomic E-state index is -0.348. The molecule has 0 fully saturated rings. The van der Waals surface area contributed by atoms with Crippen LogP contribution in [0.1, 0.15) is 10.5 Å². The van der Waals surface area contributed by atoms with Gasteiger partial charge in [-0.15, -0.1) is 10.2 Å². The second kappa shape index (κ2) is 5.45. The Balaban J connectivity index is 1.91. The Kier molecular flexibility index (Phi) is 3.34. The van der Waals surface area contributed by atoms with Crippen molar-refractivity contribution >= 4 is 11.6 Å². The van der Waals surface area contributed by atoms with Crippen LogP contribution in [-0.4, -0.2) is 36.1 Å². The van der Waals surface area contributed by atoms with E-state index in [2.05, 4.69) is 30.7 Å². The molecule has 1 amide bonds. The monoisotopic (exact) mass is 281 g/mol. The van der Waals surface area contributed by atoms with Crippen molar-refractivity contribution in [2.45, 2.75) is 0 Å². The highest BCUT2D eigenvalue weighted by Crippen LogP contribution is 2.24. The van der Waals surface area contributed by atoms with Crippen molar-refractivity contribution in [1.29, 1.82) is 0 Å². The minimum absolute atomic E-state index is 0.236. The summed E-state index contributed by atoms with van der Waals surface area (Å²) in [6.45, 7) is 0. The first kappa shape index (κ1) is 12.9. The first-order valence-electron chi connectivity index (χ1n) is 6.15. The molecule has 0 unspecified atom stereocenters. The molecule has 0 bridgehead atoms. The van der Waals surface area contributed by atoms with Crippen LogP contribution >= 0.6 is 0 Å². The molecular weight excluding hydrogens is 270 g/mol. The Bertz CT molecular complexity index is 769. The fourth-order valence-corrected chi connectivity index (χ4v) is 1.78. The largest absolute Gasteiger partial charge is 0.320 e. The third kappa shape index (κ3) is 2.73. The molecule has 0 spiro atoms. The molecule has 0 saturated carbocycles. The van der Waals surface area contributed by atoms with Crippen molar-refractivity contribution in [1.82, 2.24) is 30.2 Å². The van der Waals surface area contributed by atoms with Gasteiger partial charge in [0.15, 0.2) is 0 Å². The third-order valence-electron chi connectivity index (χ3n) is 2.72. The molecule has 1 aromatic carbocycles. The highest BCUT2D eigenvalue weighted by atomic mass is 16.1. The Morgan fingerprint density at radius 2 is 2.10 bits per heavy atom. The van der Waals surface area contributed by atoms with Crippen LogP contribution in [0.4, 0.5) is 5.69 Å². The number of benzene rings is 1. The van der Waals surface area contributed by atoms with Crippen molar-refractivity contribution in [2.24, 2.45) is 7.05 Å². The van der Waals surface area contributed by atoms with Crippen LogP contribution in [0, 0.1) is 0 Å². The van der Waals surface area contributed by atoms with E-state index in [1.165, 1.54) is 23.4 Å². The summed E-state index contributed by atoms with van der Waals surface area (Å²) < 4.78 is 0. The van der Waals surface area contributed by atoms with Crippen LogP contribution < -0.4 is 5.32 Å². The second-order valence-electron chi connectivity index (χ2n) is 4.19. The molecule has 2 aromatic heterocycles. The fourth-order valence-electron chi connectivity index (χ4n) is 1.78. The Morgan fingerprint density at radius 1 is 1.24 bits per heavy atom. The Labute approximate surface area is 119 Å². The SMILES string of the molecule is Cn1nnc(-c2ccccc2NC(=O)c2cnccn2)n1. The number of amides is 1. The van der Waals surface area contributed by atoms with Gasteiger partial charge in [0.2, 0.25) is 5.82 Å². The van der Waals surface area contributed by atoms with E-state index in [-0.39, 0.29) is 11.6 Å². The van der Waals surface area contributed by atoms with Gasteiger partial charge in [-0.2, -0.15) is 4.80 Å². The number of nitrogens with zero attached hydrogens (tertiary/aromatic N) is 6. The molecule has 8 heteroatoms. The van der Waals surface area contributed by atoms with Crippen LogP contribution in [0.5, 0.6) is 0 Å². The zero-order chi connectivity index (χ0) is 14.7. The summed E-state index contributed by atoms with van der Waals surface area (Å²) in [5.41, 5.74) is 1.50. The van der Waals surface area contributed by atoms with E-state index in [1.807, 2.05) is 18.2 Å². The second-order valence-corrected chi connectivity index (χ2v) is 4.19. The van der Waals surface area contributed by atoms with Gasteiger partial charge in [-0.1, -0.05) is 12.1 Å². The Hall–Kier alpha value is -3.16. The van der Waals surface area contributed by atoms with E-state index >= 15 is 0 Å². The molecule has 104 valence electrons. The van der Waals surface area contributed by atoms with Crippen molar-refractivity contribution < 1.29 is 4.79 Å². The van der Waals surface area contributed by atoms with E-state index < -0.39 is 0 Å². The van der Waals surface area contributed by atoms with Crippen LogP contribution in [0.2, 0.25) is 0 Å². The molecule has 1 N–H and O–H groups in total. The van der Waals surface area contributed by atoms with Crippen molar-refractivity contribution in [3.8, 4) is 11.4 Å². The van der Waals surface area contributed by atoms with Gasteiger partial charge in [0.25, 0.3) is 5.91 Å². The molecule has 3 rings (SSSR count). The lowest BCUT2D eigenvalue weighted by Crippen LogP contribution is -2.14. The van der Waals surface area contributed by atoms with E-state index in [0.29, 0.717) is 17.1 Å². The van der Waals surface area contributed by atoms with Crippen molar-refractivity contribution in [3.63, 3.8) is 0 Å². The molecule has 3 aromatic rings. The van der Waals surface area contributed by atoms with Crippen LogP contribution in [-0.2, 0) is 7.05 Å². The zero-order valence-corrected chi connectivity index (χ0v) is 11.1.